The summed E-state index contributed by atoms with van der Waals surface area (Å²) in [5.41, 5.74) is 0. The van der Waals surface area contributed by atoms with Gasteiger partial charge in [0, 0.05) is 12.8 Å². The standard InChI is InChI=1S/C36H64O4/c1-3-5-7-17-23-31-29-30-32(24-18-13-12-16-22-28-36(39)40)34(33(31)25-19-8-6-4-2)26-20-14-10-9-11-15-21-27-35(37)38/h20,26,29-34H,3-19,21-25,27-28H2,1-2H3,(H,37,38)(H,39,40)/b26-20-/t31?,32-,33?,34?/m1/s1. The van der Waals surface area contributed by atoms with Crippen LogP contribution in [0.5, 0.6) is 0 Å². The Bertz CT molecular complexity index is 682. The molecule has 3 unspecified atom stereocenters. The summed E-state index contributed by atoms with van der Waals surface area (Å²) in [5.74, 6) is 1.41. The van der Waals surface area contributed by atoms with Crippen LogP contribution in [-0.2, 0) is 9.59 Å². The highest BCUT2D eigenvalue weighted by Crippen LogP contribution is 2.43. The number of hydrogen-bond acceptors (Lipinski definition) is 2. The number of hydrogen-bond donors (Lipinski definition) is 2. The van der Waals surface area contributed by atoms with E-state index in [1.807, 2.05) is 0 Å². The Morgan fingerprint density at radius 3 is 1.60 bits per heavy atom. The van der Waals surface area contributed by atoms with Crippen LogP contribution in [0.25, 0.3) is 0 Å². The van der Waals surface area contributed by atoms with Crippen molar-refractivity contribution in [3.8, 4) is 0 Å². The van der Waals surface area contributed by atoms with Crippen LogP contribution in [-0.4, -0.2) is 22.2 Å². The molecule has 0 fully saturated rings. The lowest BCUT2D eigenvalue weighted by molar-refractivity contribution is -0.138. The lowest BCUT2D eigenvalue weighted by Crippen LogP contribution is -2.30. The molecule has 4 atom stereocenters. The Labute approximate surface area is 247 Å². The van der Waals surface area contributed by atoms with Crippen molar-refractivity contribution in [3.63, 3.8) is 0 Å². The second-order valence-electron chi connectivity index (χ2n) is 12.5. The minimum atomic E-state index is -0.676. The predicted molar refractivity (Wildman–Crippen MR) is 170 cm³/mol. The first-order valence-corrected chi connectivity index (χ1v) is 17.3. The summed E-state index contributed by atoms with van der Waals surface area (Å²) in [5, 5.41) is 17.7. The van der Waals surface area contributed by atoms with Crippen LogP contribution in [0.3, 0.4) is 0 Å². The van der Waals surface area contributed by atoms with Crippen molar-refractivity contribution in [2.45, 2.75) is 168 Å². The van der Waals surface area contributed by atoms with E-state index < -0.39 is 11.9 Å². The Kier molecular flexibility index (Phi) is 22.9. The Morgan fingerprint density at radius 2 is 1.02 bits per heavy atom. The van der Waals surface area contributed by atoms with Crippen molar-refractivity contribution in [1.82, 2.24) is 0 Å². The van der Waals surface area contributed by atoms with Crippen LogP contribution in [0.15, 0.2) is 24.3 Å². The van der Waals surface area contributed by atoms with Gasteiger partial charge in [0.25, 0.3) is 0 Å². The molecule has 0 heterocycles. The minimum absolute atomic E-state index is 0.304. The second-order valence-corrected chi connectivity index (χ2v) is 12.5. The molecular formula is C36H64O4. The lowest BCUT2D eigenvalue weighted by atomic mass is 9.66. The van der Waals surface area contributed by atoms with Crippen molar-refractivity contribution in [3.05, 3.63) is 24.3 Å². The highest BCUT2D eigenvalue weighted by atomic mass is 16.4. The van der Waals surface area contributed by atoms with Gasteiger partial charge in [0.15, 0.2) is 0 Å². The van der Waals surface area contributed by atoms with E-state index in [1.54, 1.807) is 0 Å². The molecule has 4 nitrogen and oxygen atoms in total. The van der Waals surface area contributed by atoms with Crippen LogP contribution >= 0.6 is 0 Å². The molecule has 4 heteroatoms. The number of carbonyl (C=O) groups is 2. The molecule has 0 aliphatic heterocycles. The van der Waals surface area contributed by atoms with Crippen LogP contribution in [0.2, 0.25) is 0 Å². The number of unbranched alkanes of at least 4 members (excludes halogenated alkanes) is 15. The first-order valence-electron chi connectivity index (χ1n) is 17.3. The number of aliphatic carboxylic acids is 2. The predicted octanol–water partition coefficient (Wildman–Crippen LogP) is 11.1. The maximum absolute atomic E-state index is 10.8. The average molecular weight is 561 g/mol. The summed E-state index contributed by atoms with van der Waals surface area (Å²) in [7, 11) is 0. The quantitative estimate of drug-likeness (QED) is 0.0774. The smallest absolute Gasteiger partial charge is 0.303 e. The topological polar surface area (TPSA) is 74.6 Å². The van der Waals surface area contributed by atoms with E-state index in [0.717, 1.165) is 56.8 Å². The lowest BCUT2D eigenvalue weighted by Gasteiger charge is -2.39. The molecule has 1 rings (SSSR count). The molecule has 0 amide bonds. The molecule has 232 valence electrons. The van der Waals surface area contributed by atoms with Crippen LogP contribution in [0.4, 0.5) is 0 Å². The molecule has 0 aromatic heterocycles. The van der Waals surface area contributed by atoms with Gasteiger partial charge in [0.1, 0.15) is 0 Å². The van der Waals surface area contributed by atoms with Gasteiger partial charge in [-0.15, -0.1) is 0 Å². The van der Waals surface area contributed by atoms with Crippen molar-refractivity contribution in [2.75, 3.05) is 0 Å². The van der Waals surface area contributed by atoms with Crippen molar-refractivity contribution in [2.24, 2.45) is 23.7 Å². The molecule has 0 saturated carbocycles. The summed E-state index contributed by atoms with van der Waals surface area (Å²) >= 11 is 0. The molecule has 0 aromatic rings. The van der Waals surface area contributed by atoms with Gasteiger partial charge < -0.3 is 10.2 Å². The molecule has 0 bridgehead atoms. The summed E-state index contributed by atoms with van der Waals surface area (Å²) < 4.78 is 0. The van der Waals surface area contributed by atoms with Gasteiger partial charge in [-0.05, 0) is 68.6 Å². The molecule has 2 N–H and O–H groups in total. The third-order valence-electron chi connectivity index (χ3n) is 8.97. The number of allylic oxidation sites excluding steroid dienone is 4. The maximum atomic E-state index is 10.8. The Hall–Kier alpha value is -1.58. The van der Waals surface area contributed by atoms with Crippen LogP contribution < -0.4 is 0 Å². The van der Waals surface area contributed by atoms with Gasteiger partial charge in [-0.1, -0.05) is 134 Å². The summed E-state index contributed by atoms with van der Waals surface area (Å²) in [6.07, 6.45) is 37.5. The maximum Gasteiger partial charge on any atom is 0.303 e. The first kappa shape index (κ1) is 36.4. The monoisotopic (exact) mass is 560 g/mol. The molecule has 1 aliphatic rings. The van der Waals surface area contributed by atoms with Crippen LogP contribution in [0.1, 0.15) is 168 Å². The van der Waals surface area contributed by atoms with E-state index in [0.29, 0.717) is 24.7 Å². The minimum Gasteiger partial charge on any atom is -0.481 e. The molecule has 1 aliphatic carbocycles. The second kappa shape index (κ2) is 25.2. The average Bonchev–Trinajstić information content (AvgIpc) is 2.93. The van der Waals surface area contributed by atoms with Gasteiger partial charge in [0.05, 0.1) is 0 Å². The molecule has 0 radical (unpaired) electrons. The van der Waals surface area contributed by atoms with Crippen molar-refractivity contribution < 1.29 is 19.8 Å². The van der Waals surface area contributed by atoms with E-state index >= 15 is 0 Å². The fourth-order valence-electron chi connectivity index (χ4n) is 6.57. The van der Waals surface area contributed by atoms with Crippen LogP contribution in [0, 0.1) is 23.7 Å². The normalized spacial score (nSPS) is 20.9. The van der Waals surface area contributed by atoms with Gasteiger partial charge in [-0.25, -0.2) is 0 Å². The zero-order valence-electron chi connectivity index (χ0n) is 26.3. The number of rotatable bonds is 27. The fraction of sp³-hybridized carbons (Fsp3) is 0.833. The van der Waals surface area contributed by atoms with E-state index in [2.05, 4.69) is 38.2 Å². The summed E-state index contributed by atoms with van der Waals surface area (Å²) in [6, 6.07) is 0. The SMILES string of the molecule is CCCCCCC1C=C[C@@H](CCCCCCCC(=O)O)C(/C=C\CCCCCCCC(=O)O)C1CCCCCC. The third-order valence-corrected chi connectivity index (χ3v) is 8.97. The zero-order valence-corrected chi connectivity index (χ0v) is 26.3. The van der Waals surface area contributed by atoms with Crippen molar-refractivity contribution in [1.29, 1.82) is 0 Å². The Morgan fingerprint density at radius 1 is 0.575 bits per heavy atom. The van der Waals surface area contributed by atoms with Gasteiger partial charge in [-0.3, -0.25) is 9.59 Å². The molecule has 40 heavy (non-hydrogen) atoms. The van der Waals surface area contributed by atoms with Gasteiger partial charge in [-0.2, -0.15) is 0 Å². The first-order chi connectivity index (χ1) is 19.5. The molecule has 0 aromatic carbocycles. The van der Waals surface area contributed by atoms with Gasteiger partial charge in [0.2, 0.25) is 0 Å². The van der Waals surface area contributed by atoms with E-state index in [-0.39, 0.29) is 0 Å². The zero-order chi connectivity index (χ0) is 29.3. The Balaban J connectivity index is 2.74. The largest absolute Gasteiger partial charge is 0.481 e. The summed E-state index contributed by atoms with van der Waals surface area (Å²) in [6.45, 7) is 4.60. The number of carboxylic acid groups (broad SMARTS) is 2. The highest BCUT2D eigenvalue weighted by Gasteiger charge is 2.33. The molecule has 0 spiro atoms. The van der Waals surface area contributed by atoms with E-state index in [4.69, 9.17) is 10.2 Å². The fourth-order valence-corrected chi connectivity index (χ4v) is 6.57. The molecular weight excluding hydrogens is 496 g/mol. The van der Waals surface area contributed by atoms with Gasteiger partial charge >= 0.3 is 11.9 Å². The number of carboxylic acids is 2. The highest BCUT2D eigenvalue weighted by molar-refractivity contribution is 5.66. The third kappa shape index (κ3) is 18.7. The van der Waals surface area contributed by atoms with Crippen molar-refractivity contribution >= 4 is 11.9 Å². The molecule has 0 saturated heterocycles. The van der Waals surface area contributed by atoms with E-state index in [9.17, 15) is 9.59 Å². The summed E-state index contributed by atoms with van der Waals surface area (Å²) in [4.78, 5) is 21.5. The van der Waals surface area contributed by atoms with E-state index in [1.165, 1.54) is 96.3 Å².